The predicted molar refractivity (Wildman–Crippen MR) is 86.5 cm³/mol. The first-order chi connectivity index (χ1) is 11.8. The van der Waals surface area contributed by atoms with Gasteiger partial charge in [-0.3, -0.25) is 9.20 Å². The van der Waals surface area contributed by atoms with E-state index in [9.17, 15) is 4.79 Å². The number of carbonyl (C=O) groups is 1. The molecule has 1 aliphatic heterocycles. The number of carbonyl (C=O) groups excluding carboxylic acids is 1. The summed E-state index contributed by atoms with van der Waals surface area (Å²) in [6.07, 6.45) is 9.21. The second kappa shape index (κ2) is 6.07. The normalized spacial score (nSPS) is 18.2. The highest BCUT2D eigenvalue weighted by Gasteiger charge is 2.31. The van der Waals surface area contributed by atoms with Gasteiger partial charge in [-0.1, -0.05) is 12.1 Å². The molecule has 0 aliphatic carbocycles. The maximum absolute atomic E-state index is 12.9. The lowest BCUT2D eigenvalue weighted by molar-refractivity contribution is 0.0595. The molecule has 4 heterocycles. The number of piperidine rings is 1. The van der Waals surface area contributed by atoms with Crippen LogP contribution in [0.4, 0.5) is 0 Å². The fraction of sp³-hybridized carbons (Fsp3) is 0.412. The molecule has 1 saturated heterocycles. The van der Waals surface area contributed by atoms with Crippen LogP contribution in [0.5, 0.6) is 0 Å². The van der Waals surface area contributed by atoms with Gasteiger partial charge in [0, 0.05) is 37.6 Å². The van der Waals surface area contributed by atoms with Crippen LogP contribution < -0.4 is 0 Å². The summed E-state index contributed by atoms with van der Waals surface area (Å²) in [6.45, 7) is 2.68. The molecule has 7 heteroatoms. The minimum absolute atomic E-state index is 0.0465. The Kier molecular flexibility index (Phi) is 3.76. The summed E-state index contributed by atoms with van der Waals surface area (Å²) in [7, 11) is 0. The van der Waals surface area contributed by atoms with Gasteiger partial charge in [0.2, 0.25) is 5.78 Å². The minimum Gasteiger partial charge on any atom is -0.361 e. The highest BCUT2D eigenvalue weighted by atomic mass is 16.5. The maximum atomic E-state index is 12.9. The Morgan fingerprint density at radius 2 is 2.29 bits per heavy atom. The van der Waals surface area contributed by atoms with Crippen molar-refractivity contribution in [1.82, 2.24) is 24.4 Å². The van der Waals surface area contributed by atoms with E-state index in [1.54, 1.807) is 12.3 Å². The Morgan fingerprint density at radius 1 is 1.38 bits per heavy atom. The molecule has 3 aromatic rings. The van der Waals surface area contributed by atoms with E-state index in [1.165, 1.54) is 0 Å². The van der Waals surface area contributed by atoms with Crippen LogP contribution in [0.25, 0.3) is 5.78 Å². The first-order valence-corrected chi connectivity index (χ1v) is 8.32. The van der Waals surface area contributed by atoms with Crippen molar-refractivity contribution in [3.63, 3.8) is 0 Å². The SMILES string of the molecule is CCc1cc(C(=O)N2CCCCC2c2ccn3ccnc3n2)no1. The smallest absolute Gasteiger partial charge is 0.276 e. The molecule has 0 radical (unpaired) electrons. The van der Waals surface area contributed by atoms with Gasteiger partial charge in [-0.15, -0.1) is 0 Å². The number of rotatable bonds is 3. The highest BCUT2D eigenvalue weighted by Crippen LogP contribution is 2.31. The molecule has 1 atom stereocenters. The number of imidazole rings is 1. The quantitative estimate of drug-likeness (QED) is 0.740. The van der Waals surface area contributed by atoms with Gasteiger partial charge in [0.25, 0.3) is 5.91 Å². The second-order valence-electron chi connectivity index (χ2n) is 6.03. The molecule has 4 rings (SSSR count). The monoisotopic (exact) mass is 325 g/mol. The third-order valence-electron chi connectivity index (χ3n) is 4.51. The van der Waals surface area contributed by atoms with Crippen LogP contribution in [0.3, 0.4) is 0 Å². The average molecular weight is 325 g/mol. The lowest BCUT2D eigenvalue weighted by atomic mass is 9.98. The molecule has 0 spiro atoms. The van der Waals surface area contributed by atoms with Crippen LogP contribution in [0, 0.1) is 0 Å². The summed E-state index contributed by atoms with van der Waals surface area (Å²) in [4.78, 5) is 23.6. The number of aromatic nitrogens is 4. The van der Waals surface area contributed by atoms with Crippen molar-refractivity contribution in [2.24, 2.45) is 0 Å². The molecule has 1 amide bonds. The summed E-state index contributed by atoms with van der Waals surface area (Å²) >= 11 is 0. The number of aryl methyl sites for hydroxylation is 1. The van der Waals surface area contributed by atoms with Crippen molar-refractivity contribution in [3.05, 3.63) is 47.9 Å². The van der Waals surface area contributed by atoms with Crippen molar-refractivity contribution in [2.75, 3.05) is 6.54 Å². The van der Waals surface area contributed by atoms with Gasteiger partial charge in [0.05, 0.1) is 11.7 Å². The van der Waals surface area contributed by atoms with E-state index in [4.69, 9.17) is 4.52 Å². The molecule has 3 aromatic heterocycles. The zero-order chi connectivity index (χ0) is 16.5. The highest BCUT2D eigenvalue weighted by molar-refractivity contribution is 5.92. The van der Waals surface area contributed by atoms with Crippen molar-refractivity contribution in [3.8, 4) is 0 Å². The number of nitrogens with zero attached hydrogens (tertiary/aromatic N) is 5. The minimum atomic E-state index is -0.0897. The molecule has 0 bridgehead atoms. The lowest BCUT2D eigenvalue weighted by Crippen LogP contribution is -2.39. The van der Waals surface area contributed by atoms with Crippen LogP contribution in [0.15, 0.2) is 35.2 Å². The van der Waals surface area contributed by atoms with E-state index in [0.717, 1.165) is 37.1 Å². The first-order valence-electron chi connectivity index (χ1n) is 8.32. The Hall–Kier alpha value is -2.70. The number of fused-ring (bicyclic) bond motifs is 1. The molecule has 124 valence electrons. The molecule has 0 N–H and O–H groups in total. The van der Waals surface area contributed by atoms with E-state index in [1.807, 2.05) is 34.7 Å². The Balaban J connectivity index is 1.65. The van der Waals surface area contributed by atoms with Crippen LogP contribution in [-0.4, -0.2) is 36.9 Å². The molecule has 0 aromatic carbocycles. The predicted octanol–water partition coefficient (Wildman–Crippen LogP) is 2.65. The number of amides is 1. The molecule has 1 fully saturated rings. The number of hydrogen-bond acceptors (Lipinski definition) is 5. The van der Waals surface area contributed by atoms with Crippen molar-refractivity contribution >= 4 is 11.7 Å². The molecule has 1 aliphatic rings. The largest absolute Gasteiger partial charge is 0.361 e. The van der Waals surface area contributed by atoms with E-state index in [0.29, 0.717) is 18.0 Å². The number of hydrogen-bond donors (Lipinski definition) is 0. The van der Waals surface area contributed by atoms with Gasteiger partial charge in [-0.25, -0.2) is 9.97 Å². The summed E-state index contributed by atoms with van der Waals surface area (Å²) in [6, 6.07) is 3.65. The summed E-state index contributed by atoms with van der Waals surface area (Å²) in [5, 5.41) is 3.93. The fourth-order valence-corrected chi connectivity index (χ4v) is 3.21. The molecular formula is C17H19N5O2. The van der Waals surface area contributed by atoms with E-state index in [2.05, 4.69) is 15.1 Å². The zero-order valence-electron chi connectivity index (χ0n) is 13.6. The summed E-state index contributed by atoms with van der Waals surface area (Å²) in [5.41, 5.74) is 1.25. The summed E-state index contributed by atoms with van der Waals surface area (Å²) < 4.78 is 7.05. The number of likely N-dealkylation sites (tertiary alicyclic amines) is 1. The lowest BCUT2D eigenvalue weighted by Gasteiger charge is -2.34. The Bertz CT molecular complexity index is 869. The summed E-state index contributed by atoms with van der Waals surface area (Å²) in [5.74, 6) is 1.29. The molecule has 24 heavy (non-hydrogen) atoms. The van der Waals surface area contributed by atoms with E-state index in [-0.39, 0.29) is 11.9 Å². The van der Waals surface area contributed by atoms with E-state index < -0.39 is 0 Å². The van der Waals surface area contributed by atoms with Gasteiger partial charge < -0.3 is 9.42 Å². The van der Waals surface area contributed by atoms with Gasteiger partial charge in [0.15, 0.2) is 5.69 Å². The van der Waals surface area contributed by atoms with Gasteiger partial charge in [-0.2, -0.15) is 0 Å². The second-order valence-corrected chi connectivity index (χ2v) is 6.03. The third kappa shape index (κ3) is 2.55. The fourth-order valence-electron chi connectivity index (χ4n) is 3.21. The first kappa shape index (κ1) is 14.9. The average Bonchev–Trinajstić information content (AvgIpc) is 3.29. The molecule has 1 unspecified atom stereocenters. The van der Waals surface area contributed by atoms with Crippen molar-refractivity contribution in [1.29, 1.82) is 0 Å². The Labute approximate surface area is 139 Å². The third-order valence-corrected chi connectivity index (χ3v) is 4.51. The van der Waals surface area contributed by atoms with Crippen LogP contribution >= 0.6 is 0 Å². The zero-order valence-corrected chi connectivity index (χ0v) is 13.6. The van der Waals surface area contributed by atoms with Crippen LogP contribution in [0.1, 0.15) is 54.2 Å². The maximum Gasteiger partial charge on any atom is 0.276 e. The van der Waals surface area contributed by atoms with E-state index >= 15 is 0 Å². The van der Waals surface area contributed by atoms with Gasteiger partial charge in [0.1, 0.15) is 5.76 Å². The van der Waals surface area contributed by atoms with Crippen LogP contribution in [-0.2, 0) is 6.42 Å². The van der Waals surface area contributed by atoms with Crippen molar-refractivity contribution < 1.29 is 9.32 Å². The topological polar surface area (TPSA) is 76.5 Å². The van der Waals surface area contributed by atoms with Crippen molar-refractivity contribution in [2.45, 2.75) is 38.6 Å². The Morgan fingerprint density at radius 3 is 3.12 bits per heavy atom. The molecular weight excluding hydrogens is 306 g/mol. The standard InChI is InChI=1S/C17H19N5O2/c1-2-12-11-14(20-24-12)16(23)22-8-4-3-5-15(22)13-6-9-21-10-7-18-17(21)19-13/h6-7,9-11,15H,2-5,8H2,1H3. The molecule has 7 nitrogen and oxygen atoms in total. The van der Waals surface area contributed by atoms with Gasteiger partial charge in [-0.05, 0) is 25.3 Å². The van der Waals surface area contributed by atoms with Gasteiger partial charge >= 0.3 is 0 Å². The van der Waals surface area contributed by atoms with Crippen LogP contribution in [0.2, 0.25) is 0 Å². The molecule has 0 saturated carbocycles.